The van der Waals surface area contributed by atoms with Crippen LogP contribution in [0.15, 0.2) is 0 Å². The van der Waals surface area contributed by atoms with Crippen molar-refractivity contribution in [1.29, 1.82) is 0 Å². The fourth-order valence-electron chi connectivity index (χ4n) is 2.73. The highest BCUT2D eigenvalue weighted by atomic mass is 16.5. The molecule has 2 fully saturated rings. The number of hydrogen-bond donors (Lipinski definition) is 0. The number of carbonyl (C=O) groups excluding carboxylic acids is 2. The fourth-order valence-corrected chi connectivity index (χ4v) is 2.73. The number of fused-ring (bicyclic) bond motifs is 1. The summed E-state index contributed by atoms with van der Waals surface area (Å²) in [4.78, 5) is 26.0. The Bertz CT molecular complexity index is 290. The standard InChI is InChI=1S/C12H19NO3/c1-2-16-12(15)9-6-8-13-7-4-3-5-10(13)11(9)14/h9-10H,2-8H2,1H3. The number of Topliss-reactive ketones (excluding diaryl/α,β-unsaturated/α-hetero) is 1. The van der Waals surface area contributed by atoms with E-state index in [-0.39, 0.29) is 17.8 Å². The first-order valence-electron chi connectivity index (χ1n) is 6.18. The van der Waals surface area contributed by atoms with Crippen LogP contribution in [0.2, 0.25) is 0 Å². The molecule has 0 saturated carbocycles. The molecule has 4 heteroatoms. The van der Waals surface area contributed by atoms with Gasteiger partial charge in [0.15, 0.2) is 5.78 Å². The van der Waals surface area contributed by atoms with Gasteiger partial charge in [-0.3, -0.25) is 14.5 Å². The number of ether oxygens (including phenoxy) is 1. The molecular formula is C12H19NO3. The topological polar surface area (TPSA) is 46.6 Å². The van der Waals surface area contributed by atoms with Crippen molar-refractivity contribution in [2.75, 3.05) is 19.7 Å². The van der Waals surface area contributed by atoms with Gasteiger partial charge in [0.2, 0.25) is 0 Å². The largest absolute Gasteiger partial charge is 0.465 e. The Morgan fingerprint density at radius 2 is 2.19 bits per heavy atom. The summed E-state index contributed by atoms with van der Waals surface area (Å²) in [6, 6.07) is -0.0168. The quantitative estimate of drug-likeness (QED) is 0.519. The summed E-state index contributed by atoms with van der Waals surface area (Å²) < 4.78 is 4.95. The molecule has 0 amide bonds. The molecule has 2 atom stereocenters. The Balaban J connectivity index is 2.02. The van der Waals surface area contributed by atoms with Crippen LogP contribution in [0.1, 0.15) is 32.6 Å². The van der Waals surface area contributed by atoms with Crippen LogP contribution in [-0.2, 0) is 14.3 Å². The van der Waals surface area contributed by atoms with Crippen molar-refractivity contribution in [3.8, 4) is 0 Å². The van der Waals surface area contributed by atoms with Crippen molar-refractivity contribution in [3.05, 3.63) is 0 Å². The Morgan fingerprint density at radius 3 is 2.94 bits per heavy atom. The van der Waals surface area contributed by atoms with Crippen molar-refractivity contribution in [2.45, 2.75) is 38.6 Å². The highest BCUT2D eigenvalue weighted by molar-refractivity contribution is 6.02. The van der Waals surface area contributed by atoms with Crippen LogP contribution >= 0.6 is 0 Å². The van der Waals surface area contributed by atoms with E-state index in [0.29, 0.717) is 13.0 Å². The van der Waals surface area contributed by atoms with E-state index < -0.39 is 5.92 Å². The fraction of sp³-hybridized carbons (Fsp3) is 0.833. The molecule has 0 spiro atoms. The molecule has 2 rings (SSSR count). The zero-order valence-corrected chi connectivity index (χ0v) is 9.78. The second-order valence-electron chi connectivity index (χ2n) is 4.54. The summed E-state index contributed by atoms with van der Waals surface area (Å²) in [5, 5.41) is 0. The van der Waals surface area contributed by atoms with Crippen LogP contribution in [0.3, 0.4) is 0 Å². The van der Waals surface area contributed by atoms with Gasteiger partial charge in [0.25, 0.3) is 0 Å². The molecule has 2 heterocycles. The number of esters is 1. The van der Waals surface area contributed by atoms with E-state index >= 15 is 0 Å². The number of carbonyl (C=O) groups is 2. The van der Waals surface area contributed by atoms with Crippen LogP contribution in [0, 0.1) is 5.92 Å². The molecule has 0 aromatic carbocycles. The Morgan fingerprint density at radius 1 is 1.38 bits per heavy atom. The zero-order valence-electron chi connectivity index (χ0n) is 9.78. The Labute approximate surface area is 95.9 Å². The highest BCUT2D eigenvalue weighted by Gasteiger charge is 2.41. The van der Waals surface area contributed by atoms with Gasteiger partial charge < -0.3 is 4.74 Å². The van der Waals surface area contributed by atoms with Gasteiger partial charge in [-0.25, -0.2) is 0 Å². The van der Waals surface area contributed by atoms with E-state index in [1.54, 1.807) is 6.92 Å². The summed E-state index contributed by atoms with van der Waals surface area (Å²) >= 11 is 0. The van der Waals surface area contributed by atoms with E-state index in [0.717, 1.165) is 25.9 Å². The third-order valence-corrected chi connectivity index (χ3v) is 3.56. The number of hydrogen-bond acceptors (Lipinski definition) is 4. The van der Waals surface area contributed by atoms with Crippen molar-refractivity contribution < 1.29 is 14.3 Å². The average Bonchev–Trinajstić information content (AvgIpc) is 2.30. The number of rotatable bonds is 2. The Kier molecular flexibility index (Phi) is 3.59. The maximum atomic E-state index is 12.1. The third kappa shape index (κ3) is 2.12. The van der Waals surface area contributed by atoms with E-state index in [9.17, 15) is 9.59 Å². The molecule has 2 aliphatic rings. The van der Waals surface area contributed by atoms with Gasteiger partial charge in [-0.1, -0.05) is 6.42 Å². The van der Waals surface area contributed by atoms with Gasteiger partial charge in [-0.15, -0.1) is 0 Å². The third-order valence-electron chi connectivity index (χ3n) is 3.56. The first-order chi connectivity index (χ1) is 7.74. The lowest BCUT2D eigenvalue weighted by Gasteiger charge is -2.40. The SMILES string of the molecule is CCOC(=O)C1CCN2CCCCC2C1=O. The van der Waals surface area contributed by atoms with Crippen LogP contribution in [0.25, 0.3) is 0 Å². The van der Waals surface area contributed by atoms with Gasteiger partial charge in [0.05, 0.1) is 12.6 Å². The molecule has 2 unspecified atom stereocenters. The molecule has 0 radical (unpaired) electrons. The maximum absolute atomic E-state index is 12.1. The minimum Gasteiger partial charge on any atom is -0.465 e. The number of nitrogens with zero attached hydrogens (tertiary/aromatic N) is 1. The lowest BCUT2D eigenvalue weighted by Crippen LogP contribution is -2.53. The van der Waals surface area contributed by atoms with Gasteiger partial charge in [-0.05, 0) is 32.7 Å². The lowest BCUT2D eigenvalue weighted by atomic mass is 9.85. The molecular weight excluding hydrogens is 206 g/mol. The average molecular weight is 225 g/mol. The first kappa shape index (κ1) is 11.6. The van der Waals surface area contributed by atoms with Crippen LogP contribution in [0.4, 0.5) is 0 Å². The smallest absolute Gasteiger partial charge is 0.316 e. The van der Waals surface area contributed by atoms with Gasteiger partial charge in [0, 0.05) is 6.54 Å². The van der Waals surface area contributed by atoms with Crippen LogP contribution in [-0.4, -0.2) is 42.4 Å². The predicted octanol–water partition coefficient (Wildman–Crippen LogP) is 0.993. The van der Waals surface area contributed by atoms with Crippen molar-refractivity contribution in [1.82, 2.24) is 4.90 Å². The molecule has 0 aliphatic carbocycles. The summed E-state index contributed by atoms with van der Waals surface area (Å²) in [7, 11) is 0. The molecule has 0 aromatic rings. The molecule has 2 saturated heterocycles. The Hall–Kier alpha value is -0.900. The molecule has 2 aliphatic heterocycles. The predicted molar refractivity (Wildman–Crippen MR) is 59.0 cm³/mol. The van der Waals surface area contributed by atoms with E-state index in [1.165, 1.54) is 6.42 Å². The number of piperidine rings is 2. The highest BCUT2D eigenvalue weighted by Crippen LogP contribution is 2.27. The van der Waals surface area contributed by atoms with Crippen molar-refractivity contribution >= 4 is 11.8 Å². The minimum atomic E-state index is -0.501. The second-order valence-corrected chi connectivity index (χ2v) is 4.54. The molecule has 90 valence electrons. The summed E-state index contributed by atoms with van der Waals surface area (Å²) in [6.07, 6.45) is 3.82. The molecule has 0 aromatic heterocycles. The minimum absolute atomic E-state index is 0.0168. The molecule has 0 N–H and O–H groups in total. The van der Waals surface area contributed by atoms with Crippen molar-refractivity contribution in [2.24, 2.45) is 5.92 Å². The van der Waals surface area contributed by atoms with Crippen molar-refractivity contribution in [3.63, 3.8) is 0 Å². The van der Waals surface area contributed by atoms with E-state index in [4.69, 9.17) is 4.74 Å². The normalized spacial score (nSPS) is 30.9. The van der Waals surface area contributed by atoms with E-state index in [2.05, 4.69) is 4.90 Å². The summed E-state index contributed by atoms with van der Waals surface area (Å²) in [5.74, 6) is -0.735. The van der Waals surface area contributed by atoms with Gasteiger partial charge in [0.1, 0.15) is 5.92 Å². The summed E-state index contributed by atoms with van der Waals surface area (Å²) in [5.41, 5.74) is 0. The summed E-state index contributed by atoms with van der Waals surface area (Å²) in [6.45, 7) is 4.00. The van der Waals surface area contributed by atoms with Crippen LogP contribution in [0.5, 0.6) is 0 Å². The monoisotopic (exact) mass is 225 g/mol. The molecule has 0 bridgehead atoms. The van der Waals surface area contributed by atoms with E-state index in [1.807, 2.05) is 0 Å². The molecule has 16 heavy (non-hydrogen) atoms. The first-order valence-corrected chi connectivity index (χ1v) is 6.18. The number of ketones is 1. The van der Waals surface area contributed by atoms with Gasteiger partial charge >= 0.3 is 5.97 Å². The maximum Gasteiger partial charge on any atom is 0.316 e. The molecule has 4 nitrogen and oxygen atoms in total. The zero-order chi connectivity index (χ0) is 11.5. The lowest BCUT2D eigenvalue weighted by molar-refractivity contribution is -0.156. The van der Waals surface area contributed by atoms with Gasteiger partial charge in [-0.2, -0.15) is 0 Å². The van der Waals surface area contributed by atoms with Crippen LogP contribution < -0.4 is 0 Å². The second kappa shape index (κ2) is 4.95.